The highest BCUT2D eigenvalue weighted by Crippen LogP contribution is 2.23. The number of aldehydes is 1. The Kier molecular flexibility index (Phi) is 3.25. The highest BCUT2D eigenvalue weighted by molar-refractivity contribution is 6.67. The Morgan fingerprint density at radius 2 is 2.14 bits per heavy atom. The van der Waals surface area contributed by atoms with Crippen molar-refractivity contribution in [2.45, 2.75) is 6.92 Å². The van der Waals surface area contributed by atoms with Gasteiger partial charge in [0.1, 0.15) is 12.0 Å². The number of hydrogen-bond acceptors (Lipinski definition) is 3. The second-order valence-electron chi connectivity index (χ2n) is 2.78. The van der Waals surface area contributed by atoms with Gasteiger partial charge < -0.3 is 4.74 Å². The summed E-state index contributed by atoms with van der Waals surface area (Å²) in [7, 11) is 1.47. The van der Waals surface area contributed by atoms with E-state index in [2.05, 4.69) is 0 Å². The van der Waals surface area contributed by atoms with Crippen LogP contribution in [0, 0.1) is 6.92 Å². The molecule has 0 aliphatic carbocycles. The summed E-state index contributed by atoms with van der Waals surface area (Å²) in [5.74, 6) is 0.485. The van der Waals surface area contributed by atoms with E-state index < -0.39 is 5.24 Å². The molecule has 0 spiro atoms. The molecule has 0 saturated heterocycles. The lowest BCUT2D eigenvalue weighted by molar-refractivity contribution is 0.108. The molecule has 0 aromatic heterocycles. The van der Waals surface area contributed by atoms with E-state index >= 15 is 0 Å². The first kappa shape index (κ1) is 10.7. The maximum atomic E-state index is 10.9. The van der Waals surface area contributed by atoms with Crippen molar-refractivity contribution < 1.29 is 14.3 Å². The van der Waals surface area contributed by atoms with Crippen molar-refractivity contribution in [1.82, 2.24) is 0 Å². The molecule has 0 saturated carbocycles. The first-order valence-corrected chi connectivity index (χ1v) is 4.31. The van der Waals surface area contributed by atoms with Gasteiger partial charge in [0.05, 0.1) is 7.11 Å². The molecule has 1 rings (SSSR count). The number of rotatable bonds is 3. The van der Waals surface area contributed by atoms with Gasteiger partial charge in [-0.1, -0.05) is 0 Å². The summed E-state index contributed by atoms with van der Waals surface area (Å²) in [5.41, 5.74) is 1.37. The molecular weight excluding hydrogens is 204 g/mol. The highest BCUT2D eigenvalue weighted by atomic mass is 35.5. The molecule has 0 aliphatic rings. The van der Waals surface area contributed by atoms with Crippen molar-refractivity contribution in [2.75, 3.05) is 7.11 Å². The average Bonchev–Trinajstić information content (AvgIpc) is 2.17. The van der Waals surface area contributed by atoms with Crippen LogP contribution in [-0.2, 0) is 0 Å². The van der Waals surface area contributed by atoms with Gasteiger partial charge in [0.25, 0.3) is 5.24 Å². The van der Waals surface area contributed by atoms with Crippen LogP contribution in [0.3, 0.4) is 0 Å². The first-order chi connectivity index (χ1) is 6.60. The fourth-order valence-corrected chi connectivity index (χ4v) is 1.27. The number of carbonyl (C=O) groups is 2. The van der Waals surface area contributed by atoms with Crippen LogP contribution in [0.4, 0.5) is 0 Å². The van der Waals surface area contributed by atoms with E-state index in [-0.39, 0.29) is 5.56 Å². The van der Waals surface area contributed by atoms with Crippen LogP contribution in [0.25, 0.3) is 0 Å². The smallest absolute Gasteiger partial charge is 0.252 e. The van der Waals surface area contributed by atoms with Crippen molar-refractivity contribution in [2.24, 2.45) is 0 Å². The normalized spacial score (nSPS) is 9.64. The standard InChI is InChI=1S/C10H9ClO3/c1-6-8(5-12)3-7(10(11)13)4-9(6)14-2/h3-5H,1-2H3. The maximum absolute atomic E-state index is 10.9. The summed E-state index contributed by atoms with van der Waals surface area (Å²) in [4.78, 5) is 21.5. The summed E-state index contributed by atoms with van der Waals surface area (Å²) in [6.45, 7) is 1.74. The third kappa shape index (κ3) is 1.93. The minimum Gasteiger partial charge on any atom is -0.496 e. The van der Waals surface area contributed by atoms with Crippen molar-refractivity contribution >= 4 is 23.1 Å². The molecule has 0 bridgehead atoms. The lowest BCUT2D eigenvalue weighted by Gasteiger charge is -2.07. The first-order valence-electron chi connectivity index (χ1n) is 3.93. The molecule has 0 unspecified atom stereocenters. The topological polar surface area (TPSA) is 43.4 Å². The molecule has 74 valence electrons. The van der Waals surface area contributed by atoms with Gasteiger partial charge in [0, 0.05) is 16.7 Å². The Balaban J connectivity index is 3.39. The SMILES string of the molecule is COc1cc(C(=O)Cl)cc(C=O)c1C. The maximum Gasteiger partial charge on any atom is 0.252 e. The molecule has 1 aromatic rings. The lowest BCUT2D eigenvalue weighted by Crippen LogP contribution is -1.98. The average molecular weight is 213 g/mol. The largest absolute Gasteiger partial charge is 0.496 e. The molecule has 4 heteroatoms. The number of ether oxygens (including phenoxy) is 1. The number of halogens is 1. The molecule has 0 atom stereocenters. The zero-order chi connectivity index (χ0) is 10.7. The van der Waals surface area contributed by atoms with E-state index in [1.165, 1.54) is 19.2 Å². The molecule has 0 radical (unpaired) electrons. The second kappa shape index (κ2) is 4.24. The molecule has 0 heterocycles. The number of carbonyl (C=O) groups excluding carboxylic acids is 2. The van der Waals surface area contributed by atoms with Crippen LogP contribution in [0.5, 0.6) is 5.75 Å². The Bertz CT molecular complexity index is 385. The van der Waals surface area contributed by atoms with Crippen LogP contribution in [0.2, 0.25) is 0 Å². The second-order valence-corrected chi connectivity index (χ2v) is 3.13. The van der Waals surface area contributed by atoms with E-state index in [0.717, 1.165) is 0 Å². The minimum atomic E-state index is -0.605. The van der Waals surface area contributed by atoms with Gasteiger partial charge in [-0.15, -0.1) is 0 Å². The summed E-state index contributed by atoms with van der Waals surface area (Å²) in [5, 5.41) is -0.605. The fourth-order valence-electron chi connectivity index (χ4n) is 1.16. The Morgan fingerprint density at radius 1 is 1.50 bits per heavy atom. The quantitative estimate of drug-likeness (QED) is 0.570. The zero-order valence-corrected chi connectivity index (χ0v) is 8.59. The van der Waals surface area contributed by atoms with E-state index in [1.807, 2.05) is 0 Å². The van der Waals surface area contributed by atoms with E-state index in [4.69, 9.17) is 16.3 Å². The van der Waals surface area contributed by atoms with Crippen molar-refractivity contribution in [3.05, 3.63) is 28.8 Å². The van der Waals surface area contributed by atoms with Crippen LogP contribution in [-0.4, -0.2) is 18.6 Å². The number of methoxy groups -OCH3 is 1. The van der Waals surface area contributed by atoms with Crippen LogP contribution >= 0.6 is 11.6 Å². The molecule has 0 fully saturated rings. The molecule has 0 N–H and O–H groups in total. The number of benzene rings is 1. The molecule has 1 aromatic carbocycles. The number of hydrogen-bond donors (Lipinski definition) is 0. The van der Waals surface area contributed by atoms with Gasteiger partial charge in [0.2, 0.25) is 0 Å². The van der Waals surface area contributed by atoms with E-state index in [0.29, 0.717) is 23.2 Å². The fraction of sp³-hybridized carbons (Fsp3) is 0.200. The van der Waals surface area contributed by atoms with E-state index in [1.54, 1.807) is 6.92 Å². The van der Waals surface area contributed by atoms with Crippen LogP contribution in [0.1, 0.15) is 26.3 Å². The highest BCUT2D eigenvalue weighted by Gasteiger charge is 2.10. The Labute approximate surface area is 86.6 Å². The van der Waals surface area contributed by atoms with Crippen molar-refractivity contribution in [1.29, 1.82) is 0 Å². The van der Waals surface area contributed by atoms with Gasteiger partial charge in [-0.25, -0.2) is 0 Å². The van der Waals surface area contributed by atoms with Crippen LogP contribution < -0.4 is 4.74 Å². The molecule has 3 nitrogen and oxygen atoms in total. The predicted molar refractivity (Wildman–Crippen MR) is 53.3 cm³/mol. The molecule has 0 aliphatic heterocycles. The van der Waals surface area contributed by atoms with Crippen molar-refractivity contribution in [3.63, 3.8) is 0 Å². The lowest BCUT2D eigenvalue weighted by atomic mass is 10.1. The van der Waals surface area contributed by atoms with Gasteiger partial charge in [-0.3, -0.25) is 9.59 Å². The van der Waals surface area contributed by atoms with Gasteiger partial charge in [-0.2, -0.15) is 0 Å². The van der Waals surface area contributed by atoms with Gasteiger partial charge in [-0.05, 0) is 30.7 Å². The predicted octanol–water partition coefficient (Wildman–Crippen LogP) is 2.20. The summed E-state index contributed by atoms with van der Waals surface area (Å²) >= 11 is 5.30. The van der Waals surface area contributed by atoms with Crippen molar-refractivity contribution in [3.8, 4) is 5.75 Å². The third-order valence-corrected chi connectivity index (χ3v) is 2.19. The monoisotopic (exact) mass is 212 g/mol. The summed E-state index contributed by atoms with van der Waals surface area (Å²) in [6, 6.07) is 2.96. The summed E-state index contributed by atoms with van der Waals surface area (Å²) in [6.07, 6.45) is 0.668. The zero-order valence-electron chi connectivity index (χ0n) is 7.83. The molecule has 14 heavy (non-hydrogen) atoms. The van der Waals surface area contributed by atoms with Gasteiger partial charge >= 0.3 is 0 Å². The molecule has 0 amide bonds. The summed E-state index contributed by atoms with van der Waals surface area (Å²) < 4.78 is 5.01. The van der Waals surface area contributed by atoms with Gasteiger partial charge in [0.15, 0.2) is 0 Å². The van der Waals surface area contributed by atoms with E-state index in [9.17, 15) is 9.59 Å². The molecular formula is C10H9ClO3. The third-order valence-electron chi connectivity index (χ3n) is 1.97. The Hall–Kier alpha value is -1.35. The minimum absolute atomic E-state index is 0.260. The van der Waals surface area contributed by atoms with Crippen LogP contribution in [0.15, 0.2) is 12.1 Å². The Morgan fingerprint density at radius 3 is 2.57 bits per heavy atom.